The molecule has 25 heavy (non-hydrogen) atoms. The lowest BCUT2D eigenvalue weighted by atomic mass is 10.2. The monoisotopic (exact) mass is 373 g/mol. The average Bonchev–Trinajstić information content (AvgIpc) is 3.22. The van der Waals surface area contributed by atoms with E-state index in [-0.39, 0.29) is 18.1 Å². The van der Waals surface area contributed by atoms with E-state index in [1.165, 1.54) is 13.2 Å². The van der Waals surface area contributed by atoms with Gasteiger partial charge in [0.25, 0.3) is 0 Å². The number of alkyl halides is 3. The molecule has 2 aromatic heterocycles. The first-order chi connectivity index (χ1) is 11.8. The van der Waals surface area contributed by atoms with Gasteiger partial charge in [-0.2, -0.15) is 18.3 Å². The maximum absolute atomic E-state index is 12.9. The van der Waals surface area contributed by atoms with E-state index in [0.29, 0.717) is 13.1 Å². The van der Waals surface area contributed by atoms with E-state index in [2.05, 4.69) is 20.0 Å². The van der Waals surface area contributed by atoms with Crippen molar-refractivity contribution in [3.05, 3.63) is 29.0 Å². The van der Waals surface area contributed by atoms with Gasteiger partial charge in [-0.15, -0.1) is 11.3 Å². The summed E-state index contributed by atoms with van der Waals surface area (Å²) >= 11 is 1.57. The Bertz CT molecular complexity index is 730. The second-order valence-corrected chi connectivity index (χ2v) is 6.51. The predicted molar refractivity (Wildman–Crippen MR) is 89.4 cm³/mol. The molecule has 0 saturated carbocycles. The third kappa shape index (κ3) is 4.03. The molecule has 1 aliphatic rings. The largest absolute Gasteiger partial charge is 0.435 e. The van der Waals surface area contributed by atoms with Gasteiger partial charge in [0.1, 0.15) is 0 Å². The molecule has 7 nitrogen and oxygen atoms in total. The minimum Gasteiger partial charge on any atom is -0.370 e. The number of thiazole rings is 1. The summed E-state index contributed by atoms with van der Waals surface area (Å²) in [7, 11) is 1.45. The van der Waals surface area contributed by atoms with Crippen LogP contribution in [0.4, 0.5) is 18.3 Å². The van der Waals surface area contributed by atoms with E-state index >= 15 is 0 Å². The summed E-state index contributed by atoms with van der Waals surface area (Å²) in [5.41, 5.74) is 5.06. The Morgan fingerprint density at radius 3 is 2.64 bits per heavy atom. The van der Waals surface area contributed by atoms with Crippen molar-refractivity contribution in [1.82, 2.24) is 19.7 Å². The van der Waals surface area contributed by atoms with Crippen LogP contribution in [0.2, 0.25) is 0 Å². The van der Waals surface area contributed by atoms with Gasteiger partial charge in [-0.25, -0.2) is 9.98 Å². The third-order valence-corrected chi connectivity index (χ3v) is 4.71. The van der Waals surface area contributed by atoms with Crippen LogP contribution in [0.1, 0.15) is 11.3 Å². The Kier molecular flexibility index (Phi) is 4.84. The zero-order valence-electron chi connectivity index (χ0n) is 13.6. The van der Waals surface area contributed by atoms with E-state index in [1.807, 2.05) is 10.3 Å². The van der Waals surface area contributed by atoms with E-state index in [0.717, 1.165) is 22.9 Å². The second kappa shape index (κ2) is 6.90. The summed E-state index contributed by atoms with van der Waals surface area (Å²) in [6, 6.07) is 0. The zero-order valence-corrected chi connectivity index (χ0v) is 14.4. The first-order valence-electron chi connectivity index (χ1n) is 7.63. The number of hydrogen-bond acceptors (Lipinski definition) is 5. The number of hydrogen-bond donors (Lipinski definition) is 1. The molecule has 1 saturated heterocycles. The highest BCUT2D eigenvalue weighted by Crippen LogP contribution is 2.30. The number of rotatable bonds is 3. The fourth-order valence-corrected chi connectivity index (χ4v) is 3.35. The van der Waals surface area contributed by atoms with Gasteiger partial charge < -0.3 is 15.5 Å². The highest BCUT2D eigenvalue weighted by Gasteiger charge is 2.36. The lowest BCUT2D eigenvalue weighted by Gasteiger charge is -2.35. The van der Waals surface area contributed by atoms with Gasteiger partial charge in [0.15, 0.2) is 16.8 Å². The van der Waals surface area contributed by atoms with Gasteiger partial charge in [0.05, 0.1) is 6.54 Å². The van der Waals surface area contributed by atoms with E-state index < -0.39 is 11.9 Å². The SMILES string of the molecule is Cn1cc(CN=C(N)N2CCN(c3nccs3)CC2)c(C(F)(F)F)n1. The smallest absolute Gasteiger partial charge is 0.370 e. The van der Waals surface area contributed by atoms with Crippen LogP contribution in [0, 0.1) is 0 Å². The van der Waals surface area contributed by atoms with Crippen molar-refractivity contribution in [2.45, 2.75) is 12.7 Å². The van der Waals surface area contributed by atoms with Crippen molar-refractivity contribution in [2.75, 3.05) is 31.1 Å². The first-order valence-corrected chi connectivity index (χ1v) is 8.51. The Morgan fingerprint density at radius 1 is 1.32 bits per heavy atom. The van der Waals surface area contributed by atoms with Crippen molar-refractivity contribution >= 4 is 22.4 Å². The van der Waals surface area contributed by atoms with Gasteiger partial charge in [0.2, 0.25) is 0 Å². The molecule has 3 heterocycles. The summed E-state index contributed by atoms with van der Waals surface area (Å²) in [6.45, 7) is 2.62. The van der Waals surface area contributed by atoms with Gasteiger partial charge in [-0.1, -0.05) is 0 Å². The molecule has 11 heteroatoms. The van der Waals surface area contributed by atoms with Crippen LogP contribution in [-0.4, -0.2) is 51.8 Å². The molecule has 0 radical (unpaired) electrons. The number of piperazine rings is 1. The van der Waals surface area contributed by atoms with Crippen molar-refractivity contribution in [1.29, 1.82) is 0 Å². The minimum atomic E-state index is -4.50. The number of halogens is 3. The fraction of sp³-hybridized carbons (Fsp3) is 0.500. The Hall–Kier alpha value is -2.30. The van der Waals surface area contributed by atoms with Crippen LogP contribution in [-0.2, 0) is 19.8 Å². The number of guanidine groups is 1. The topological polar surface area (TPSA) is 75.6 Å². The molecule has 0 bridgehead atoms. The minimum absolute atomic E-state index is 0.0133. The Morgan fingerprint density at radius 2 is 2.04 bits per heavy atom. The average molecular weight is 373 g/mol. The molecule has 1 aliphatic heterocycles. The molecule has 0 aliphatic carbocycles. The van der Waals surface area contributed by atoms with Crippen molar-refractivity contribution < 1.29 is 13.2 Å². The van der Waals surface area contributed by atoms with E-state index in [9.17, 15) is 13.2 Å². The van der Waals surface area contributed by atoms with Crippen molar-refractivity contribution in [2.24, 2.45) is 17.8 Å². The molecule has 0 aromatic carbocycles. The zero-order chi connectivity index (χ0) is 18.0. The standard InChI is InChI=1S/C14H18F3N7S/c1-22-9-10(11(21-22)14(15,16)17)8-20-12(18)23-3-5-24(6-4-23)13-19-2-7-25-13/h2,7,9H,3-6,8H2,1H3,(H2,18,20). The van der Waals surface area contributed by atoms with Gasteiger partial charge >= 0.3 is 6.18 Å². The van der Waals surface area contributed by atoms with Gasteiger partial charge in [0, 0.05) is 56.6 Å². The van der Waals surface area contributed by atoms with Crippen LogP contribution < -0.4 is 10.6 Å². The summed E-state index contributed by atoms with van der Waals surface area (Å²) in [6.07, 6.45) is -1.42. The maximum Gasteiger partial charge on any atom is 0.435 e. The summed E-state index contributed by atoms with van der Waals surface area (Å²) in [4.78, 5) is 12.4. The number of aliphatic imine (C=N–C) groups is 1. The Labute approximate surface area is 146 Å². The number of nitrogens with zero attached hydrogens (tertiary/aromatic N) is 6. The van der Waals surface area contributed by atoms with Crippen molar-refractivity contribution in [3.8, 4) is 0 Å². The third-order valence-electron chi connectivity index (χ3n) is 3.88. The summed E-state index contributed by atoms with van der Waals surface area (Å²) in [5, 5.41) is 6.35. The molecular weight excluding hydrogens is 355 g/mol. The van der Waals surface area contributed by atoms with E-state index in [4.69, 9.17) is 5.73 Å². The molecular formula is C14H18F3N7S. The number of anilines is 1. The summed E-state index contributed by atoms with van der Waals surface area (Å²) in [5.74, 6) is 0.246. The molecule has 0 amide bonds. The van der Waals surface area contributed by atoms with E-state index in [1.54, 1.807) is 17.5 Å². The van der Waals surface area contributed by atoms with Crippen LogP contribution in [0.25, 0.3) is 0 Å². The fourth-order valence-electron chi connectivity index (χ4n) is 2.66. The number of nitrogens with two attached hydrogens (primary N) is 1. The first kappa shape index (κ1) is 17.5. The molecule has 0 spiro atoms. The highest BCUT2D eigenvalue weighted by molar-refractivity contribution is 7.13. The molecule has 0 unspecified atom stereocenters. The normalized spacial score (nSPS) is 16.6. The second-order valence-electron chi connectivity index (χ2n) is 5.64. The molecule has 2 aromatic rings. The van der Waals surface area contributed by atoms with Crippen LogP contribution >= 0.6 is 11.3 Å². The summed E-state index contributed by atoms with van der Waals surface area (Å²) < 4.78 is 40.0. The van der Waals surface area contributed by atoms with Crippen LogP contribution in [0.15, 0.2) is 22.8 Å². The van der Waals surface area contributed by atoms with Gasteiger partial charge in [-0.3, -0.25) is 4.68 Å². The molecule has 136 valence electrons. The predicted octanol–water partition coefficient (Wildman–Crippen LogP) is 1.53. The van der Waals surface area contributed by atoms with Crippen LogP contribution in [0.5, 0.6) is 0 Å². The Balaban J connectivity index is 1.62. The molecule has 3 rings (SSSR count). The maximum atomic E-state index is 12.9. The lowest BCUT2D eigenvalue weighted by Crippen LogP contribution is -2.51. The van der Waals surface area contributed by atoms with Crippen LogP contribution in [0.3, 0.4) is 0 Å². The number of aryl methyl sites for hydroxylation is 1. The molecule has 0 atom stereocenters. The molecule has 1 fully saturated rings. The lowest BCUT2D eigenvalue weighted by molar-refractivity contribution is -0.142. The quantitative estimate of drug-likeness (QED) is 0.652. The molecule has 2 N–H and O–H groups in total. The number of aromatic nitrogens is 3. The highest BCUT2D eigenvalue weighted by atomic mass is 32.1. The van der Waals surface area contributed by atoms with Crippen molar-refractivity contribution in [3.63, 3.8) is 0 Å². The van der Waals surface area contributed by atoms with Gasteiger partial charge in [-0.05, 0) is 0 Å².